The minimum Gasteiger partial charge on any atom is -0.467 e. The first kappa shape index (κ1) is 20.9. The monoisotopic (exact) mass is 432 g/mol. The molecule has 0 bridgehead atoms. The van der Waals surface area contributed by atoms with Gasteiger partial charge in [0.25, 0.3) is 0 Å². The van der Waals surface area contributed by atoms with Crippen molar-refractivity contribution in [2.75, 3.05) is 5.75 Å². The van der Waals surface area contributed by atoms with Crippen LogP contribution in [-0.4, -0.2) is 26.4 Å². The average molecular weight is 433 g/mol. The number of rotatable bonds is 10. The molecule has 31 heavy (non-hydrogen) atoms. The van der Waals surface area contributed by atoms with Gasteiger partial charge < -0.3 is 9.73 Å². The fraction of sp³-hybridized carbons (Fsp3) is 0.208. The number of carbonyl (C=O) groups is 1. The largest absolute Gasteiger partial charge is 0.467 e. The first-order chi connectivity index (χ1) is 15.3. The predicted molar refractivity (Wildman–Crippen MR) is 121 cm³/mol. The Hall–Kier alpha value is -3.32. The second kappa shape index (κ2) is 10.6. The number of nitrogens with one attached hydrogen (secondary N) is 1. The summed E-state index contributed by atoms with van der Waals surface area (Å²) >= 11 is 1.62. The zero-order chi connectivity index (χ0) is 21.3. The van der Waals surface area contributed by atoms with Crippen LogP contribution in [0.5, 0.6) is 0 Å². The standard InChI is InChI=1S/C24H24N4O2S/c29-23(25-18-21-13-7-15-30-21)14-8-16-31-24-27-26-22(17-19-9-3-1-4-10-19)28(24)20-11-5-2-6-12-20/h1-7,9-13,15H,8,14,16-18H2,(H,25,29). The SMILES string of the molecule is O=C(CCCSc1nnc(Cc2ccccc2)n1-c1ccccc1)NCc1ccco1. The molecule has 158 valence electrons. The Morgan fingerprint density at radius 2 is 1.74 bits per heavy atom. The number of hydrogen-bond acceptors (Lipinski definition) is 5. The van der Waals surface area contributed by atoms with Crippen LogP contribution in [0.3, 0.4) is 0 Å². The lowest BCUT2D eigenvalue weighted by Gasteiger charge is -2.10. The van der Waals surface area contributed by atoms with Gasteiger partial charge >= 0.3 is 0 Å². The number of carbonyl (C=O) groups excluding carboxylic acids is 1. The van der Waals surface area contributed by atoms with Gasteiger partial charge in [-0.15, -0.1) is 10.2 Å². The molecule has 0 unspecified atom stereocenters. The van der Waals surface area contributed by atoms with E-state index >= 15 is 0 Å². The summed E-state index contributed by atoms with van der Waals surface area (Å²) in [7, 11) is 0. The number of hydrogen-bond donors (Lipinski definition) is 1. The maximum atomic E-state index is 12.1. The van der Waals surface area contributed by atoms with Crippen molar-refractivity contribution < 1.29 is 9.21 Å². The third-order valence-electron chi connectivity index (χ3n) is 4.74. The molecule has 2 heterocycles. The molecule has 0 aliphatic rings. The highest BCUT2D eigenvalue weighted by Crippen LogP contribution is 2.24. The molecular formula is C24H24N4O2S. The van der Waals surface area contributed by atoms with E-state index < -0.39 is 0 Å². The molecular weight excluding hydrogens is 408 g/mol. The summed E-state index contributed by atoms with van der Waals surface area (Å²) in [6.45, 7) is 0.421. The molecule has 0 saturated carbocycles. The van der Waals surface area contributed by atoms with Gasteiger partial charge in [-0.05, 0) is 36.2 Å². The van der Waals surface area contributed by atoms with Crippen molar-refractivity contribution in [2.24, 2.45) is 0 Å². The predicted octanol–water partition coefficient (Wildman–Crippen LogP) is 4.64. The molecule has 2 aromatic carbocycles. The Morgan fingerprint density at radius 1 is 0.968 bits per heavy atom. The van der Waals surface area contributed by atoms with Gasteiger partial charge in [-0.25, -0.2) is 0 Å². The second-order valence-electron chi connectivity index (χ2n) is 7.04. The number of amides is 1. The fourth-order valence-electron chi connectivity index (χ4n) is 3.21. The molecule has 0 saturated heterocycles. The summed E-state index contributed by atoms with van der Waals surface area (Å²) in [5.41, 5.74) is 2.23. The molecule has 4 aromatic rings. The van der Waals surface area contributed by atoms with E-state index in [0.717, 1.165) is 34.6 Å². The van der Waals surface area contributed by atoms with Crippen molar-refractivity contribution in [1.29, 1.82) is 0 Å². The minimum absolute atomic E-state index is 0.0197. The van der Waals surface area contributed by atoms with E-state index in [-0.39, 0.29) is 5.91 Å². The summed E-state index contributed by atoms with van der Waals surface area (Å²) < 4.78 is 7.34. The van der Waals surface area contributed by atoms with Crippen molar-refractivity contribution in [1.82, 2.24) is 20.1 Å². The van der Waals surface area contributed by atoms with Gasteiger partial charge in [-0.2, -0.15) is 0 Å². The van der Waals surface area contributed by atoms with E-state index in [1.165, 1.54) is 5.56 Å². The number of benzene rings is 2. The van der Waals surface area contributed by atoms with Gasteiger partial charge in [0.05, 0.1) is 12.8 Å². The molecule has 0 spiro atoms. The van der Waals surface area contributed by atoms with Gasteiger partial charge in [0, 0.05) is 24.3 Å². The van der Waals surface area contributed by atoms with Gasteiger partial charge in [0.2, 0.25) is 5.91 Å². The van der Waals surface area contributed by atoms with Crippen LogP contribution in [0.2, 0.25) is 0 Å². The smallest absolute Gasteiger partial charge is 0.220 e. The summed E-state index contributed by atoms with van der Waals surface area (Å²) in [4.78, 5) is 12.1. The van der Waals surface area contributed by atoms with Gasteiger partial charge in [-0.1, -0.05) is 60.3 Å². The first-order valence-corrected chi connectivity index (χ1v) is 11.2. The molecule has 0 aliphatic heterocycles. The Kier molecular flexibility index (Phi) is 7.18. The Bertz CT molecular complexity index is 1080. The van der Waals surface area contributed by atoms with E-state index in [0.29, 0.717) is 19.4 Å². The Labute approximate surface area is 185 Å². The topological polar surface area (TPSA) is 73.0 Å². The molecule has 0 fully saturated rings. The summed E-state index contributed by atoms with van der Waals surface area (Å²) in [5, 5.41) is 12.6. The third-order valence-corrected chi connectivity index (χ3v) is 5.75. The number of thioether (sulfide) groups is 1. The van der Waals surface area contributed by atoms with Crippen LogP contribution in [0, 0.1) is 0 Å². The maximum absolute atomic E-state index is 12.1. The molecule has 1 amide bonds. The zero-order valence-corrected chi connectivity index (χ0v) is 17.9. The van der Waals surface area contributed by atoms with Crippen molar-refractivity contribution >= 4 is 17.7 Å². The van der Waals surface area contributed by atoms with Crippen molar-refractivity contribution in [2.45, 2.75) is 31.0 Å². The molecule has 2 aromatic heterocycles. The lowest BCUT2D eigenvalue weighted by Crippen LogP contribution is -2.22. The molecule has 7 heteroatoms. The zero-order valence-electron chi connectivity index (χ0n) is 17.1. The van der Waals surface area contributed by atoms with Crippen molar-refractivity contribution in [3.63, 3.8) is 0 Å². The van der Waals surface area contributed by atoms with E-state index in [1.54, 1.807) is 18.0 Å². The van der Waals surface area contributed by atoms with Gasteiger partial charge in [0.1, 0.15) is 11.6 Å². The van der Waals surface area contributed by atoms with E-state index in [9.17, 15) is 4.79 Å². The molecule has 0 atom stereocenters. The fourth-order valence-corrected chi connectivity index (χ4v) is 4.12. The molecule has 1 N–H and O–H groups in total. The van der Waals surface area contributed by atoms with Crippen LogP contribution in [0.15, 0.2) is 88.6 Å². The molecule has 6 nitrogen and oxygen atoms in total. The van der Waals surface area contributed by atoms with Gasteiger partial charge in [0.15, 0.2) is 5.16 Å². The normalized spacial score (nSPS) is 10.8. The van der Waals surface area contributed by atoms with Crippen LogP contribution in [0.25, 0.3) is 5.69 Å². The average Bonchev–Trinajstić information content (AvgIpc) is 3.47. The van der Waals surface area contributed by atoms with E-state index in [1.807, 2.05) is 48.5 Å². The highest BCUT2D eigenvalue weighted by Gasteiger charge is 2.15. The number of nitrogens with zero attached hydrogens (tertiary/aromatic N) is 3. The second-order valence-corrected chi connectivity index (χ2v) is 8.10. The molecule has 0 radical (unpaired) electrons. The van der Waals surface area contributed by atoms with Crippen LogP contribution < -0.4 is 5.32 Å². The molecule has 0 aliphatic carbocycles. The highest BCUT2D eigenvalue weighted by atomic mass is 32.2. The highest BCUT2D eigenvalue weighted by molar-refractivity contribution is 7.99. The lowest BCUT2D eigenvalue weighted by atomic mass is 10.1. The van der Waals surface area contributed by atoms with Crippen LogP contribution in [0.4, 0.5) is 0 Å². The number of para-hydroxylation sites is 1. The quantitative estimate of drug-likeness (QED) is 0.292. The third kappa shape index (κ3) is 5.86. The first-order valence-electron chi connectivity index (χ1n) is 10.2. The Morgan fingerprint density at radius 3 is 2.48 bits per heavy atom. The van der Waals surface area contributed by atoms with Crippen LogP contribution >= 0.6 is 11.8 Å². The summed E-state index contributed by atoms with van der Waals surface area (Å²) in [5.74, 6) is 2.46. The lowest BCUT2D eigenvalue weighted by molar-refractivity contribution is -0.121. The Balaban J connectivity index is 1.37. The maximum Gasteiger partial charge on any atom is 0.220 e. The molecule has 4 rings (SSSR count). The number of aromatic nitrogens is 3. The van der Waals surface area contributed by atoms with Crippen LogP contribution in [-0.2, 0) is 17.8 Å². The minimum atomic E-state index is 0.0197. The van der Waals surface area contributed by atoms with Gasteiger partial charge in [-0.3, -0.25) is 9.36 Å². The summed E-state index contributed by atoms with van der Waals surface area (Å²) in [6, 6.07) is 24.1. The van der Waals surface area contributed by atoms with E-state index in [4.69, 9.17) is 4.42 Å². The number of furan rings is 1. The van der Waals surface area contributed by atoms with Crippen LogP contribution in [0.1, 0.15) is 30.0 Å². The van der Waals surface area contributed by atoms with E-state index in [2.05, 4.69) is 44.3 Å². The summed E-state index contributed by atoms with van der Waals surface area (Å²) in [6.07, 6.45) is 3.53. The van der Waals surface area contributed by atoms with Crippen molar-refractivity contribution in [3.8, 4) is 5.69 Å². The van der Waals surface area contributed by atoms with Crippen molar-refractivity contribution in [3.05, 3.63) is 96.2 Å².